The first-order valence-electron chi connectivity index (χ1n) is 8.19. The van der Waals surface area contributed by atoms with Crippen molar-refractivity contribution in [3.05, 3.63) is 80.4 Å². The summed E-state index contributed by atoms with van der Waals surface area (Å²) in [5, 5.41) is 0. The molecule has 0 spiro atoms. The van der Waals surface area contributed by atoms with Gasteiger partial charge >= 0.3 is 144 Å². The third-order valence-corrected chi connectivity index (χ3v) is 8.46. The van der Waals surface area contributed by atoms with Crippen LogP contribution in [0.3, 0.4) is 0 Å². The van der Waals surface area contributed by atoms with Crippen molar-refractivity contribution in [3.63, 3.8) is 0 Å². The van der Waals surface area contributed by atoms with Crippen LogP contribution < -0.4 is 0 Å². The van der Waals surface area contributed by atoms with Crippen molar-refractivity contribution in [2.75, 3.05) is 6.38 Å². The van der Waals surface area contributed by atoms with E-state index in [1.54, 1.807) is 8.84 Å². The van der Waals surface area contributed by atoms with E-state index in [1.807, 2.05) is 0 Å². The number of fused-ring (bicyclic) bond motifs is 1. The minimum atomic E-state index is -0.658. The molecule has 1 heterocycles. The second-order valence-electron chi connectivity index (χ2n) is 6.13. The Morgan fingerprint density at radius 3 is 2.62 bits per heavy atom. The molecule has 1 aromatic carbocycles. The third kappa shape index (κ3) is 3.46. The summed E-state index contributed by atoms with van der Waals surface area (Å²) < 4.78 is 4.76. The third-order valence-electron chi connectivity index (χ3n) is 4.43. The van der Waals surface area contributed by atoms with Crippen LogP contribution in [0.1, 0.15) is 32.4 Å². The van der Waals surface area contributed by atoms with E-state index in [9.17, 15) is 0 Å². The number of aromatic nitrogens is 1. The molecule has 2 aliphatic carbocycles. The molecule has 2 aromatic rings. The van der Waals surface area contributed by atoms with Gasteiger partial charge in [-0.2, -0.15) is 0 Å². The minimum absolute atomic E-state index is 0.636. The Kier molecular flexibility index (Phi) is 5.79. The van der Waals surface area contributed by atoms with Gasteiger partial charge in [0.05, 0.1) is 0 Å². The molecule has 0 saturated carbocycles. The Balaban J connectivity index is 0.000000815. The second kappa shape index (κ2) is 7.85. The van der Waals surface area contributed by atoms with Crippen molar-refractivity contribution in [1.82, 2.24) is 4.57 Å². The first kappa shape index (κ1) is 17.7. The molecule has 1 nitrogen and oxygen atoms in total. The van der Waals surface area contributed by atoms with Crippen LogP contribution in [0.4, 0.5) is 0 Å². The number of rotatable bonds is 3. The number of allylic oxidation sites excluding steroid dienone is 5. The fraction of sp³-hybridized carbons (Fsp3) is 0.238. The van der Waals surface area contributed by atoms with Gasteiger partial charge in [-0.15, -0.1) is 11.6 Å². The molecule has 0 radical (unpaired) electrons. The Hall–Kier alpha value is -1.11. The van der Waals surface area contributed by atoms with E-state index in [0.29, 0.717) is 3.63 Å². The maximum absolute atomic E-state index is 4.64. The Morgan fingerprint density at radius 2 is 1.96 bits per heavy atom. The molecule has 0 aliphatic heterocycles. The van der Waals surface area contributed by atoms with Gasteiger partial charge in [-0.05, 0) is 0 Å². The summed E-state index contributed by atoms with van der Waals surface area (Å²) in [4.78, 5) is 0. The summed E-state index contributed by atoms with van der Waals surface area (Å²) >= 11 is 3.98. The molecule has 0 fully saturated rings. The summed E-state index contributed by atoms with van der Waals surface area (Å²) in [7, 11) is 0. The molecule has 122 valence electrons. The van der Waals surface area contributed by atoms with E-state index >= 15 is 0 Å². The zero-order valence-corrected chi connectivity index (χ0v) is 17.6. The van der Waals surface area contributed by atoms with E-state index in [4.69, 9.17) is 0 Å². The summed E-state index contributed by atoms with van der Waals surface area (Å²) in [6, 6.07) is 11.2. The number of alkyl halides is 1. The number of aryl methyl sites for hydroxylation is 2. The van der Waals surface area contributed by atoms with E-state index in [0.717, 1.165) is 0 Å². The van der Waals surface area contributed by atoms with Crippen molar-refractivity contribution >= 4 is 23.4 Å². The van der Waals surface area contributed by atoms with Crippen LogP contribution in [-0.4, -0.2) is 11.0 Å². The van der Waals surface area contributed by atoms with Crippen molar-refractivity contribution < 1.29 is 23.2 Å². The number of nitrogens with zero attached hydrogens (tertiary/aromatic N) is 1. The van der Waals surface area contributed by atoms with Gasteiger partial charge in [0.2, 0.25) is 0 Å². The zero-order chi connectivity index (χ0) is 17.1. The van der Waals surface area contributed by atoms with Crippen LogP contribution in [0, 0.1) is 13.8 Å². The molecule has 3 heteroatoms. The average Bonchev–Trinajstić information content (AvgIpc) is 3.30. The van der Waals surface area contributed by atoms with E-state index < -0.39 is 23.2 Å². The van der Waals surface area contributed by atoms with Gasteiger partial charge in [-0.3, -0.25) is 0 Å². The normalized spacial score (nSPS) is 17.8. The molecule has 0 saturated heterocycles. The molecule has 4 rings (SSSR count). The molecule has 1 aromatic heterocycles. The Labute approximate surface area is 161 Å². The Bertz CT molecular complexity index is 826. The van der Waals surface area contributed by atoms with E-state index in [-0.39, 0.29) is 0 Å². The molecule has 0 N–H and O–H groups in total. The summed E-state index contributed by atoms with van der Waals surface area (Å²) in [5.41, 5.74) is 7.15. The number of hydrogen-bond donors (Lipinski definition) is 0. The van der Waals surface area contributed by atoms with Gasteiger partial charge in [0.15, 0.2) is 0 Å². The van der Waals surface area contributed by atoms with Gasteiger partial charge < -0.3 is 0 Å². The second-order valence-corrected chi connectivity index (χ2v) is 9.84. The van der Waals surface area contributed by atoms with Crippen LogP contribution in [0.25, 0.3) is 11.8 Å². The predicted molar refractivity (Wildman–Crippen MR) is 101 cm³/mol. The van der Waals surface area contributed by atoms with Crippen LogP contribution in [0.2, 0.25) is 0 Å². The van der Waals surface area contributed by atoms with Crippen molar-refractivity contribution in [3.8, 4) is 0 Å². The fourth-order valence-corrected chi connectivity index (χ4v) is 7.33. The van der Waals surface area contributed by atoms with Crippen molar-refractivity contribution in [1.29, 1.82) is 0 Å². The molecule has 0 bridgehead atoms. The van der Waals surface area contributed by atoms with Gasteiger partial charge in [0, 0.05) is 6.38 Å². The molecular formula is C21H22ClNZr. The molecule has 24 heavy (non-hydrogen) atoms. The summed E-state index contributed by atoms with van der Waals surface area (Å²) in [5.74, 6) is 0. The molecule has 1 atom stereocenters. The standard InChI is InChI=1S/C15H14N.C5H5.CH3Cl.Zr/c1-11-7-12(2)16(10-11)15-8-13-5-3-4-6-14(13)9-15;1-2-4-5-3-1;1-2;/h3-10H,1-2H3;1-3H,4H2;1H3;. The maximum atomic E-state index is 4.64. The van der Waals surface area contributed by atoms with Gasteiger partial charge in [-0.25, -0.2) is 0 Å². The first-order valence-corrected chi connectivity index (χ1v) is 11.6. The van der Waals surface area contributed by atoms with Gasteiger partial charge in [-0.1, -0.05) is 0 Å². The van der Waals surface area contributed by atoms with Crippen molar-refractivity contribution in [2.24, 2.45) is 0 Å². The van der Waals surface area contributed by atoms with Crippen molar-refractivity contribution in [2.45, 2.75) is 23.9 Å². The first-order chi connectivity index (χ1) is 11.7. The van der Waals surface area contributed by atoms with Crippen LogP contribution >= 0.6 is 11.6 Å². The average molecular weight is 415 g/mol. The SMILES string of the molecule is CCl.Cc1cc(C)n(C2=Cc3ccccc3[CH]2[Zr][C]2=CC=CC2)c1. The van der Waals surface area contributed by atoms with Crippen LogP contribution in [0.15, 0.2) is 58.0 Å². The monoisotopic (exact) mass is 413 g/mol. The topological polar surface area (TPSA) is 4.93 Å². The predicted octanol–water partition coefficient (Wildman–Crippen LogP) is 5.94. The van der Waals surface area contributed by atoms with Crippen LogP contribution in [0.5, 0.6) is 0 Å². The zero-order valence-electron chi connectivity index (χ0n) is 14.4. The van der Waals surface area contributed by atoms with E-state index in [1.165, 1.54) is 35.3 Å². The quantitative estimate of drug-likeness (QED) is 0.547. The number of hydrogen-bond acceptors (Lipinski definition) is 0. The van der Waals surface area contributed by atoms with Crippen LogP contribution in [-0.2, 0) is 23.2 Å². The Morgan fingerprint density at radius 1 is 1.17 bits per heavy atom. The number of halogens is 1. The fourth-order valence-electron chi connectivity index (χ4n) is 3.43. The summed E-state index contributed by atoms with van der Waals surface area (Å²) in [6.45, 7) is 4.40. The van der Waals surface area contributed by atoms with Gasteiger partial charge in [0.1, 0.15) is 0 Å². The summed E-state index contributed by atoms with van der Waals surface area (Å²) in [6.07, 6.45) is 14.2. The molecule has 2 aliphatic rings. The molecule has 0 amide bonds. The molecular weight excluding hydrogens is 393 g/mol. The van der Waals surface area contributed by atoms with Gasteiger partial charge in [0.25, 0.3) is 0 Å². The molecule has 1 unspecified atom stereocenters. The number of benzene rings is 1. The van der Waals surface area contributed by atoms with E-state index in [2.05, 4.69) is 90.8 Å².